The van der Waals surface area contributed by atoms with Gasteiger partial charge in [0.15, 0.2) is 0 Å². The lowest BCUT2D eigenvalue weighted by Crippen LogP contribution is -2.35. The van der Waals surface area contributed by atoms with Crippen LogP contribution in [0.4, 0.5) is 0 Å². The van der Waals surface area contributed by atoms with E-state index in [1.54, 1.807) is 0 Å². The first kappa shape index (κ1) is 10.9. The SMILES string of the molecule is CCN(CC1CC1)CC(C)C(N)=S. The summed E-state index contributed by atoms with van der Waals surface area (Å²) in [4.78, 5) is 3.11. The average Bonchev–Trinajstić information content (AvgIpc) is 2.86. The van der Waals surface area contributed by atoms with E-state index < -0.39 is 0 Å². The molecule has 0 aromatic carbocycles. The second-order valence-electron chi connectivity index (χ2n) is 4.10. The van der Waals surface area contributed by atoms with E-state index >= 15 is 0 Å². The highest BCUT2D eigenvalue weighted by molar-refractivity contribution is 7.80. The molecule has 1 aliphatic rings. The maximum atomic E-state index is 5.59. The standard InChI is InChI=1S/C10H20N2S/c1-3-12(7-9-4-5-9)6-8(2)10(11)13/h8-9H,3-7H2,1-2H3,(H2,11,13). The van der Waals surface area contributed by atoms with Gasteiger partial charge in [0.2, 0.25) is 0 Å². The molecule has 0 spiro atoms. The van der Waals surface area contributed by atoms with Gasteiger partial charge in [-0.1, -0.05) is 26.1 Å². The lowest BCUT2D eigenvalue weighted by molar-refractivity contribution is 0.261. The van der Waals surface area contributed by atoms with Gasteiger partial charge in [0.25, 0.3) is 0 Å². The van der Waals surface area contributed by atoms with Gasteiger partial charge in [-0.15, -0.1) is 0 Å². The predicted molar refractivity (Wildman–Crippen MR) is 60.8 cm³/mol. The molecule has 0 saturated heterocycles. The van der Waals surface area contributed by atoms with Crippen LogP contribution in [0, 0.1) is 11.8 Å². The number of hydrogen-bond acceptors (Lipinski definition) is 2. The monoisotopic (exact) mass is 200 g/mol. The van der Waals surface area contributed by atoms with Crippen molar-refractivity contribution in [2.45, 2.75) is 26.7 Å². The summed E-state index contributed by atoms with van der Waals surface area (Å²) in [6.07, 6.45) is 2.83. The average molecular weight is 200 g/mol. The van der Waals surface area contributed by atoms with Gasteiger partial charge in [0, 0.05) is 19.0 Å². The Kier molecular flexibility index (Phi) is 4.13. The number of nitrogens with zero attached hydrogens (tertiary/aromatic N) is 1. The molecule has 1 rings (SSSR count). The van der Waals surface area contributed by atoms with Crippen LogP contribution in [0.3, 0.4) is 0 Å². The third-order valence-electron chi connectivity index (χ3n) is 2.68. The van der Waals surface area contributed by atoms with Crippen molar-refractivity contribution in [1.29, 1.82) is 0 Å². The summed E-state index contributed by atoms with van der Waals surface area (Å²) >= 11 is 4.96. The highest BCUT2D eigenvalue weighted by Gasteiger charge is 2.24. The van der Waals surface area contributed by atoms with E-state index in [1.807, 2.05) is 0 Å². The first-order chi connectivity index (χ1) is 6.13. The molecule has 76 valence electrons. The summed E-state index contributed by atoms with van der Waals surface area (Å²) in [6.45, 7) is 7.70. The molecule has 0 aliphatic heterocycles. The third-order valence-corrected chi connectivity index (χ3v) is 3.08. The quantitative estimate of drug-likeness (QED) is 0.661. The van der Waals surface area contributed by atoms with Gasteiger partial charge < -0.3 is 10.6 Å². The summed E-state index contributed by atoms with van der Waals surface area (Å²) in [5.74, 6) is 1.31. The number of hydrogen-bond donors (Lipinski definition) is 1. The van der Waals surface area contributed by atoms with Gasteiger partial charge >= 0.3 is 0 Å². The molecule has 1 atom stereocenters. The molecule has 1 fully saturated rings. The molecule has 1 saturated carbocycles. The van der Waals surface area contributed by atoms with Gasteiger partial charge in [-0.2, -0.15) is 0 Å². The minimum atomic E-state index is 0.355. The summed E-state index contributed by atoms with van der Waals surface area (Å²) in [6, 6.07) is 0. The minimum absolute atomic E-state index is 0.355. The maximum absolute atomic E-state index is 5.59. The summed E-state index contributed by atoms with van der Waals surface area (Å²) in [7, 11) is 0. The first-order valence-electron chi connectivity index (χ1n) is 5.15. The van der Waals surface area contributed by atoms with Crippen LogP contribution in [0.2, 0.25) is 0 Å². The van der Waals surface area contributed by atoms with Crippen molar-refractivity contribution in [2.75, 3.05) is 19.6 Å². The molecule has 2 nitrogen and oxygen atoms in total. The van der Waals surface area contributed by atoms with Crippen molar-refractivity contribution in [3.05, 3.63) is 0 Å². The first-order valence-corrected chi connectivity index (χ1v) is 5.56. The Morgan fingerprint density at radius 3 is 2.62 bits per heavy atom. The molecule has 0 heterocycles. The van der Waals surface area contributed by atoms with E-state index in [0.29, 0.717) is 10.9 Å². The van der Waals surface area contributed by atoms with Gasteiger partial charge in [-0.05, 0) is 25.3 Å². The largest absolute Gasteiger partial charge is 0.393 e. The summed E-state index contributed by atoms with van der Waals surface area (Å²) < 4.78 is 0. The zero-order chi connectivity index (χ0) is 9.84. The number of thiocarbonyl (C=S) groups is 1. The van der Waals surface area contributed by atoms with E-state index in [2.05, 4.69) is 18.7 Å². The topological polar surface area (TPSA) is 29.3 Å². The van der Waals surface area contributed by atoms with Gasteiger partial charge in [0.05, 0.1) is 4.99 Å². The van der Waals surface area contributed by atoms with Crippen LogP contribution in [0.15, 0.2) is 0 Å². The van der Waals surface area contributed by atoms with Gasteiger partial charge in [-0.25, -0.2) is 0 Å². The van der Waals surface area contributed by atoms with Crippen LogP contribution in [0.5, 0.6) is 0 Å². The maximum Gasteiger partial charge on any atom is 0.0768 e. The molecule has 0 aromatic rings. The van der Waals surface area contributed by atoms with Gasteiger partial charge in [-0.3, -0.25) is 0 Å². The van der Waals surface area contributed by atoms with Crippen molar-refractivity contribution in [3.63, 3.8) is 0 Å². The predicted octanol–water partition coefficient (Wildman–Crippen LogP) is 1.64. The molecular formula is C10H20N2S. The smallest absolute Gasteiger partial charge is 0.0768 e. The van der Waals surface area contributed by atoms with E-state index in [1.165, 1.54) is 19.4 Å². The molecular weight excluding hydrogens is 180 g/mol. The van der Waals surface area contributed by atoms with Crippen molar-refractivity contribution >= 4 is 17.2 Å². The highest BCUT2D eigenvalue weighted by atomic mass is 32.1. The number of rotatable bonds is 6. The molecule has 1 unspecified atom stereocenters. The Hall–Kier alpha value is -0.150. The summed E-state index contributed by atoms with van der Waals surface area (Å²) in [5.41, 5.74) is 5.59. The Bertz CT molecular complexity index is 178. The Balaban J connectivity index is 2.24. The molecule has 2 N–H and O–H groups in total. The molecule has 0 radical (unpaired) electrons. The normalized spacial score (nSPS) is 19.0. The second kappa shape index (κ2) is 4.91. The van der Waals surface area contributed by atoms with E-state index in [4.69, 9.17) is 18.0 Å². The zero-order valence-corrected chi connectivity index (χ0v) is 9.44. The van der Waals surface area contributed by atoms with Crippen LogP contribution in [-0.2, 0) is 0 Å². The lowest BCUT2D eigenvalue weighted by atomic mass is 10.1. The lowest BCUT2D eigenvalue weighted by Gasteiger charge is -2.23. The van der Waals surface area contributed by atoms with Crippen molar-refractivity contribution in [2.24, 2.45) is 17.6 Å². The fourth-order valence-corrected chi connectivity index (χ4v) is 1.55. The van der Waals surface area contributed by atoms with E-state index in [-0.39, 0.29) is 0 Å². The summed E-state index contributed by atoms with van der Waals surface area (Å²) in [5, 5.41) is 0. The number of nitrogens with two attached hydrogens (primary N) is 1. The van der Waals surface area contributed by atoms with Crippen LogP contribution in [0.1, 0.15) is 26.7 Å². The van der Waals surface area contributed by atoms with Crippen molar-refractivity contribution in [3.8, 4) is 0 Å². The van der Waals surface area contributed by atoms with Crippen molar-refractivity contribution < 1.29 is 0 Å². The van der Waals surface area contributed by atoms with Gasteiger partial charge in [0.1, 0.15) is 0 Å². The Morgan fingerprint density at radius 1 is 1.62 bits per heavy atom. The Labute approximate surface area is 86.5 Å². The second-order valence-corrected chi connectivity index (χ2v) is 4.57. The molecule has 13 heavy (non-hydrogen) atoms. The molecule has 3 heteroatoms. The molecule has 0 bridgehead atoms. The fraction of sp³-hybridized carbons (Fsp3) is 0.900. The van der Waals surface area contributed by atoms with Crippen LogP contribution < -0.4 is 5.73 Å². The highest BCUT2D eigenvalue weighted by Crippen LogP contribution is 2.29. The van der Waals surface area contributed by atoms with Crippen molar-refractivity contribution in [1.82, 2.24) is 4.90 Å². The molecule has 1 aliphatic carbocycles. The third kappa shape index (κ3) is 4.05. The van der Waals surface area contributed by atoms with Crippen LogP contribution in [0.25, 0.3) is 0 Å². The molecule has 0 amide bonds. The van der Waals surface area contributed by atoms with E-state index in [0.717, 1.165) is 19.0 Å². The van der Waals surface area contributed by atoms with Crippen LogP contribution >= 0.6 is 12.2 Å². The van der Waals surface area contributed by atoms with Crippen LogP contribution in [-0.4, -0.2) is 29.5 Å². The Morgan fingerprint density at radius 2 is 2.23 bits per heavy atom. The minimum Gasteiger partial charge on any atom is -0.393 e. The van der Waals surface area contributed by atoms with E-state index in [9.17, 15) is 0 Å². The molecule has 0 aromatic heterocycles. The fourth-order valence-electron chi connectivity index (χ4n) is 1.48. The zero-order valence-electron chi connectivity index (χ0n) is 8.62.